The van der Waals surface area contributed by atoms with E-state index >= 15 is 0 Å². The Morgan fingerprint density at radius 3 is 2.48 bits per heavy atom. The van der Waals surface area contributed by atoms with E-state index in [1.807, 2.05) is 20.8 Å². The Morgan fingerprint density at radius 1 is 1.28 bits per heavy atom. The standard InChI is InChI=1S/C18H26BrN3O3/c1-17(2,3)25-16(24)21-12-8-18(9-12)6-11(7-18)20-14-5-15(23)22(4)10-13(14)19/h5,10-12,20H,6-9H2,1-4H3,(H,21,24). The third kappa shape index (κ3) is 4.19. The van der Waals surface area contributed by atoms with E-state index in [0.717, 1.165) is 35.8 Å². The maximum absolute atomic E-state index is 11.8. The summed E-state index contributed by atoms with van der Waals surface area (Å²) in [4.78, 5) is 23.6. The van der Waals surface area contributed by atoms with Crippen LogP contribution in [0.15, 0.2) is 21.5 Å². The molecule has 0 aliphatic heterocycles. The number of nitrogens with zero attached hydrogens (tertiary/aromatic N) is 1. The number of alkyl carbamates (subject to hydrolysis) is 1. The van der Waals surface area contributed by atoms with Gasteiger partial charge >= 0.3 is 6.09 Å². The zero-order chi connectivity index (χ0) is 18.4. The number of pyridine rings is 1. The van der Waals surface area contributed by atoms with Gasteiger partial charge in [0.1, 0.15) is 5.60 Å². The summed E-state index contributed by atoms with van der Waals surface area (Å²) in [5.41, 5.74) is 0.705. The lowest BCUT2D eigenvalue weighted by Crippen LogP contribution is -2.59. The molecule has 138 valence electrons. The first-order chi connectivity index (χ1) is 11.6. The van der Waals surface area contributed by atoms with Gasteiger partial charge in [0.05, 0.1) is 10.2 Å². The Morgan fingerprint density at radius 2 is 1.88 bits per heavy atom. The van der Waals surface area contributed by atoms with E-state index in [4.69, 9.17) is 4.74 Å². The zero-order valence-electron chi connectivity index (χ0n) is 15.2. The molecule has 2 saturated carbocycles. The summed E-state index contributed by atoms with van der Waals surface area (Å²) in [7, 11) is 1.74. The normalized spacial score (nSPS) is 28.0. The highest BCUT2D eigenvalue weighted by atomic mass is 79.9. The smallest absolute Gasteiger partial charge is 0.407 e. The van der Waals surface area contributed by atoms with Gasteiger partial charge in [-0.05, 0) is 67.8 Å². The Balaban J connectivity index is 1.44. The SMILES string of the molecule is Cn1cc(Br)c(NC2CC3(CC(NC(=O)OC(C)(C)C)C3)C2)cc1=O. The van der Waals surface area contributed by atoms with Crippen LogP contribution < -0.4 is 16.2 Å². The average molecular weight is 412 g/mol. The fourth-order valence-corrected chi connectivity index (χ4v) is 4.45. The molecule has 1 heterocycles. The number of ether oxygens (including phenoxy) is 1. The van der Waals surface area contributed by atoms with Crippen LogP contribution in [0, 0.1) is 5.41 Å². The summed E-state index contributed by atoms with van der Waals surface area (Å²) in [5, 5.41) is 6.40. The number of aryl methyl sites for hydroxylation is 1. The van der Waals surface area contributed by atoms with Gasteiger partial charge in [0.25, 0.3) is 5.56 Å². The molecule has 1 amide bonds. The van der Waals surface area contributed by atoms with Crippen molar-refractivity contribution < 1.29 is 9.53 Å². The molecule has 2 N–H and O–H groups in total. The van der Waals surface area contributed by atoms with Crippen molar-refractivity contribution in [1.29, 1.82) is 0 Å². The molecule has 0 radical (unpaired) electrons. The number of anilines is 1. The highest BCUT2D eigenvalue weighted by Gasteiger charge is 2.53. The number of hydrogen-bond acceptors (Lipinski definition) is 4. The monoisotopic (exact) mass is 411 g/mol. The quantitative estimate of drug-likeness (QED) is 0.799. The molecule has 3 rings (SSSR count). The van der Waals surface area contributed by atoms with E-state index in [0.29, 0.717) is 11.5 Å². The van der Waals surface area contributed by atoms with Crippen LogP contribution >= 0.6 is 15.9 Å². The van der Waals surface area contributed by atoms with Crippen molar-refractivity contribution >= 4 is 27.7 Å². The molecular weight excluding hydrogens is 386 g/mol. The molecule has 0 unspecified atom stereocenters. The molecule has 2 fully saturated rings. The first-order valence-corrected chi connectivity index (χ1v) is 9.47. The number of carbonyl (C=O) groups is 1. The second-order valence-corrected chi connectivity index (χ2v) is 9.34. The van der Waals surface area contributed by atoms with Crippen LogP contribution in [0.1, 0.15) is 46.5 Å². The number of amides is 1. The molecule has 25 heavy (non-hydrogen) atoms. The number of hydrogen-bond donors (Lipinski definition) is 2. The van der Waals surface area contributed by atoms with Gasteiger partial charge in [0.2, 0.25) is 0 Å². The van der Waals surface area contributed by atoms with Crippen molar-refractivity contribution in [2.24, 2.45) is 12.5 Å². The Bertz CT molecular complexity index is 724. The van der Waals surface area contributed by atoms with Crippen LogP contribution in [-0.2, 0) is 11.8 Å². The molecule has 7 heteroatoms. The van der Waals surface area contributed by atoms with Crippen molar-refractivity contribution in [2.45, 2.75) is 64.1 Å². The molecule has 6 nitrogen and oxygen atoms in total. The molecule has 0 aromatic carbocycles. The molecule has 0 bridgehead atoms. The number of aromatic nitrogens is 1. The Kier molecular flexibility index (Phi) is 4.64. The zero-order valence-corrected chi connectivity index (χ0v) is 16.8. The van der Waals surface area contributed by atoms with Crippen LogP contribution in [0.3, 0.4) is 0 Å². The maximum atomic E-state index is 11.8. The van der Waals surface area contributed by atoms with Gasteiger partial charge in [-0.3, -0.25) is 4.79 Å². The second-order valence-electron chi connectivity index (χ2n) is 8.49. The van der Waals surface area contributed by atoms with E-state index < -0.39 is 5.60 Å². The second kappa shape index (κ2) is 6.34. The van der Waals surface area contributed by atoms with Crippen LogP contribution in [0.25, 0.3) is 0 Å². The molecule has 1 aromatic heterocycles. The minimum absolute atomic E-state index is 0.0231. The van der Waals surface area contributed by atoms with E-state index in [9.17, 15) is 9.59 Å². The third-order valence-electron chi connectivity index (χ3n) is 4.98. The molecule has 2 aliphatic rings. The fraction of sp³-hybridized carbons (Fsp3) is 0.667. The minimum Gasteiger partial charge on any atom is -0.444 e. The van der Waals surface area contributed by atoms with Crippen LogP contribution in [0.2, 0.25) is 0 Å². The summed E-state index contributed by atoms with van der Waals surface area (Å²) in [6, 6.07) is 2.22. The highest BCUT2D eigenvalue weighted by Crippen LogP contribution is 2.56. The first-order valence-electron chi connectivity index (χ1n) is 8.68. The Labute approximate surface area is 156 Å². The number of rotatable bonds is 3. The summed E-state index contributed by atoms with van der Waals surface area (Å²) in [6.45, 7) is 5.60. The van der Waals surface area contributed by atoms with Gasteiger partial charge < -0.3 is 19.9 Å². The van der Waals surface area contributed by atoms with E-state index in [1.165, 1.54) is 0 Å². The largest absolute Gasteiger partial charge is 0.444 e. The lowest BCUT2D eigenvalue weighted by Gasteiger charge is -2.58. The summed E-state index contributed by atoms with van der Waals surface area (Å²) >= 11 is 3.50. The van der Waals surface area contributed by atoms with E-state index in [-0.39, 0.29) is 17.7 Å². The molecule has 1 spiro atoms. The van der Waals surface area contributed by atoms with Gasteiger partial charge in [0.15, 0.2) is 0 Å². The lowest BCUT2D eigenvalue weighted by molar-refractivity contribution is -0.0178. The maximum Gasteiger partial charge on any atom is 0.407 e. The van der Waals surface area contributed by atoms with Crippen molar-refractivity contribution in [3.05, 3.63) is 27.1 Å². The fourth-order valence-electron chi connectivity index (χ4n) is 3.91. The van der Waals surface area contributed by atoms with Crippen molar-refractivity contribution in [3.8, 4) is 0 Å². The van der Waals surface area contributed by atoms with Crippen LogP contribution in [0.4, 0.5) is 10.5 Å². The van der Waals surface area contributed by atoms with Crippen molar-refractivity contribution in [3.63, 3.8) is 0 Å². The van der Waals surface area contributed by atoms with Gasteiger partial charge in [-0.1, -0.05) is 0 Å². The first kappa shape index (κ1) is 18.3. The van der Waals surface area contributed by atoms with Gasteiger partial charge in [-0.15, -0.1) is 0 Å². The van der Waals surface area contributed by atoms with E-state index in [1.54, 1.807) is 23.9 Å². The summed E-state index contributed by atoms with van der Waals surface area (Å²) in [5.74, 6) is 0. The van der Waals surface area contributed by atoms with Gasteiger partial charge in [0, 0.05) is 31.4 Å². The number of carbonyl (C=O) groups excluding carboxylic acids is 1. The number of nitrogens with one attached hydrogen (secondary N) is 2. The molecular formula is C18H26BrN3O3. The summed E-state index contributed by atoms with van der Waals surface area (Å²) in [6.07, 6.45) is 5.60. The predicted octanol–water partition coefficient (Wildman–Crippen LogP) is 3.40. The topological polar surface area (TPSA) is 72.4 Å². The predicted molar refractivity (Wildman–Crippen MR) is 101 cm³/mol. The molecule has 2 aliphatic carbocycles. The van der Waals surface area contributed by atoms with Gasteiger partial charge in [-0.25, -0.2) is 4.79 Å². The van der Waals surface area contributed by atoms with Crippen molar-refractivity contribution in [1.82, 2.24) is 9.88 Å². The van der Waals surface area contributed by atoms with E-state index in [2.05, 4.69) is 26.6 Å². The third-order valence-corrected chi connectivity index (χ3v) is 5.61. The van der Waals surface area contributed by atoms with Crippen LogP contribution in [0.5, 0.6) is 0 Å². The average Bonchev–Trinajstić information content (AvgIpc) is 2.37. The minimum atomic E-state index is -0.461. The lowest BCUT2D eigenvalue weighted by atomic mass is 9.52. The van der Waals surface area contributed by atoms with Crippen molar-refractivity contribution in [2.75, 3.05) is 5.32 Å². The van der Waals surface area contributed by atoms with Crippen LogP contribution in [-0.4, -0.2) is 28.3 Å². The van der Waals surface area contributed by atoms with Gasteiger partial charge in [-0.2, -0.15) is 0 Å². The molecule has 0 saturated heterocycles. The highest BCUT2D eigenvalue weighted by molar-refractivity contribution is 9.10. The molecule has 0 atom stereocenters. The Hall–Kier alpha value is -1.50. The molecule has 1 aromatic rings. The number of halogens is 1. The summed E-state index contributed by atoms with van der Waals surface area (Å²) < 4.78 is 7.75.